The molecule has 0 spiro atoms. The molecule has 0 aliphatic heterocycles. The third-order valence-corrected chi connectivity index (χ3v) is 12.2. The first-order chi connectivity index (χ1) is 26.3. The van der Waals surface area contributed by atoms with Gasteiger partial charge in [-0.3, -0.25) is 9.38 Å². The Balaban J connectivity index is 1.05. The largest absolute Gasteiger partial charge is 0.290 e. The maximum absolute atomic E-state index is 4.98. The van der Waals surface area contributed by atoms with Crippen molar-refractivity contribution in [2.75, 3.05) is 0 Å². The smallest absolute Gasteiger partial charge is 0.138 e. The Kier molecular flexibility index (Phi) is 6.64. The first-order valence-electron chi connectivity index (χ1n) is 18.0. The van der Waals surface area contributed by atoms with Gasteiger partial charge >= 0.3 is 0 Å². The number of hydrogen-bond acceptors (Lipinski definition) is 3. The summed E-state index contributed by atoms with van der Waals surface area (Å²) >= 11 is 1.80. The number of hydrogen-bond donors (Lipinski definition) is 0. The van der Waals surface area contributed by atoms with E-state index in [1.165, 1.54) is 76.1 Å². The average molecular weight is 694 g/mol. The van der Waals surface area contributed by atoms with E-state index in [1.54, 1.807) is 11.3 Å². The highest BCUT2D eigenvalue weighted by molar-refractivity contribution is 7.25. The summed E-state index contributed by atoms with van der Waals surface area (Å²) in [5, 5.41) is 1.22. The second-order valence-electron chi connectivity index (χ2n) is 13.8. The number of rotatable bonds is 5. The van der Waals surface area contributed by atoms with E-state index in [4.69, 9.17) is 4.98 Å². The van der Waals surface area contributed by atoms with Crippen LogP contribution in [-0.2, 0) is 5.41 Å². The van der Waals surface area contributed by atoms with Crippen LogP contribution in [0.1, 0.15) is 22.3 Å². The van der Waals surface area contributed by atoms with E-state index in [9.17, 15) is 0 Å². The molecule has 0 atom stereocenters. The Labute approximate surface area is 311 Å². The molecule has 0 bridgehead atoms. The minimum atomic E-state index is -0.496. The summed E-state index contributed by atoms with van der Waals surface area (Å²) in [6, 6.07) is 62.1. The lowest BCUT2D eigenvalue weighted by molar-refractivity contribution is 0.769. The van der Waals surface area contributed by atoms with Crippen LogP contribution in [0.5, 0.6) is 0 Å². The van der Waals surface area contributed by atoms with Gasteiger partial charge in [-0.2, -0.15) is 0 Å². The van der Waals surface area contributed by atoms with Gasteiger partial charge in [0.15, 0.2) is 0 Å². The summed E-state index contributed by atoms with van der Waals surface area (Å²) in [5.41, 5.74) is 16.3. The van der Waals surface area contributed by atoms with Gasteiger partial charge in [0.05, 0.1) is 5.41 Å². The standard InChI is InChI=1S/C49H31N3S/c1-3-9-38(10-4-1)49(39-11-5-2-6-12-39)43-29-35(19-22-40(43)41-23-20-36(30-44(41)49)34-25-27-50-28-26-34)32-15-17-33(18-16-32)37-21-24-46-51-47-42-13-7-8-14-45(42)53-48(47)52(46)31-37/h1-31H. The number of benzene rings is 6. The molecule has 6 aromatic carbocycles. The van der Waals surface area contributed by atoms with E-state index < -0.39 is 5.41 Å². The number of imidazole rings is 1. The van der Waals surface area contributed by atoms with E-state index in [1.807, 2.05) is 12.4 Å². The number of fused-ring (bicyclic) bond motifs is 8. The molecule has 3 nitrogen and oxygen atoms in total. The van der Waals surface area contributed by atoms with Crippen LogP contribution in [-0.4, -0.2) is 14.4 Å². The fraction of sp³-hybridized carbons (Fsp3) is 0.0204. The fourth-order valence-electron chi connectivity index (χ4n) is 8.57. The van der Waals surface area contributed by atoms with Gasteiger partial charge in [0.25, 0.3) is 0 Å². The zero-order chi connectivity index (χ0) is 34.9. The Morgan fingerprint density at radius 1 is 0.472 bits per heavy atom. The molecule has 4 aromatic heterocycles. The van der Waals surface area contributed by atoms with Crippen LogP contribution in [0, 0.1) is 0 Å². The minimum absolute atomic E-state index is 0.496. The average Bonchev–Trinajstić information content (AvgIpc) is 3.88. The Morgan fingerprint density at radius 3 is 1.64 bits per heavy atom. The molecule has 4 heterocycles. The zero-order valence-corrected chi connectivity index (χ0v) is 29.5. The van der Waals surface area contributed by atoms with Gasteiger partial charge in [0.1, 0.15) is 16.0 Å². The highest BCUT2D eigenvalue weighted by atomic mass is 32.1. The monoisotopic (exact) mass is 693 g/mol. The highest BCUT2D eigenvalue weighted by Gasteiger charge is 2.46. The molecule has 0 radical (unpaired) electrons. The number of aromatic nitrogens is 3. The van der Waals surface area contributed by atoms with Crippen molar-refractivity contribution in [3.63, 3.8) is 0 Å². The molecule has 0 saturated carbocycles. The van der Waals surface area contributed by atoms with Crippen molar-refractivity contribution >= 4 is 37.4 Å². The molecule has 0 fully saturated rings. The molecular weight excluding hydrogens is 663 g/mol. The second-order valence-corrected chi connectivity index (χ2v) is 14.9. The molecule has 4 heteroatoms. The summed E-state index contributed by atoms with van der Waals surface area (Å²) in [5.74, 6) is 0. The first kappa shape index (κ1) is 30.0. The van der Waals surface area contributed by atoms with Crippen molar-refractivity contribution in [1.29, 1.82) is 0 Å². The van der Waals surface area contributed by atoms with Crippen LogP contribution in [0.2, 0.25) is 0 Å². The van der Waals surface area contributed by atoms with Crippen molar-refractivity contribution in [2.45, 2.75) is 5.41 Å². The summed E-state index contributed by atoms with van der Waals surface area (Å²) in [6.45, 7) is 0. The summed E-state index contributed by atoms with van der Waals surface area (Å²) in [7, 11) is 0. The van der Waals surface area contributed by atoms with Crippen molar-refractivity contribution in [2.24, 2.45) is 0 Å². The molecule has 53 heavy (non-hydrogen) atoms. The molecule has 248 valence electrons. The third-order valence-electron chi connectivity index (χ3n) is 11.0. The maximum atomic E-state index is 4.98. The van der Waals surface area contributed by atoms with Crippen molar-refractivity contribution in [3.8, 4) is 44.5 Å². The fourth-order valence-corrected chi connectivity index (χ4v) is 9.70. The lowest BCUT2D eigenvalue weighted by atomic mass is 9.67. The van der Waals surface area contributed by atoms with Gasteiger partial charge in [-0.1, -0.05) is 127 Å². The van der Waals surface area contributed by atoms with Gasteiger partial charge in [0.2, 0.25) is 0 Å². The van der Waals surface area contributed by atoms with Crippen LogP contribution >= 0.6 is 11.3 Å². The number of thiophene rings is 1. The van der Waals surface area contributed by atoms with E-state index >= 15 is 0 Å². The summed E-state index contributed by atoms with van der Waals surface area (Å²) in [6.07, 6.45) is 5.98. The van der Waals surface area contributed by atoms with E-state index in [0.29, 0.717) is 0 Å². The van der Waals surface area contributed by atoms with Crippen LogP contribution in [0.25, 0.3) is 70.6 Å². The lowest BCUT2D eigenvalue weighted by Gasteiger charge is -2.34. The van der Waals surface area contributed by atoms with Gasteiger partial charge in [-0.15, -0.1) is 11.3 Å². The van der Waals surface area contributed by atoms with E-state index in [-0.39, 0.29) is 0 Å². The van der Waals surface area contributed by atoms with Gasteiger partial charge < -0.3 is 0 Å². The van der Waals surface area contributed by atoms with Crippen LogP contribution in [0.15, 0.2) is 188 Å². The zero-order valence-electron chi connectivity index (χ0n) is 28.6. The summed E-state index contributed by atoms with van der Waals surface area (Å²) in [4.78, 5) is 10.5. The Morgan fingerprint density at radius 2 is 1.00 bits per heavy atom. The quantitative estimate of drug-likeness (QED) is 0.180. The predicted octanol–water partition coefficient (Wildman–Crippen LogP) is 12.5. The molecule has 10 aromatic rings. The molecule has 1 aliphatic carbocycles. The molecule has 0 saturated heterocycles. The first-order valence-corrected chi connectivity index (χ1v) is 18.8. The topological polar surface area (TPSA) is 30.2 Å². The van der Waals surface area contributed by atoms with E-state index in [2.05, 4.69) is 185 Å². The van der Waals surface area contributed by atoms with Crippen molar-refractivity contribution < 1.29 is 0 Å². The Hall–Kier alpha value is -6.62. The molecule has 1 aliphatic rings. The molecule has 0 unspecified atom stereocenters. The minimum Gasteiger partial charge on any atom is -0.290 e. The van der Waals surface area contributed by atoms with Crippen molar-refractivity contribution in [3.05, 3.63) is 211 Å². The van der Waals surface area contributed by atoms with Gasteiger partial charge in [-0.05, 0) is 109 Å². The maximum Gasteiger partial charge on any atom is 0.138 e. The number of pyridine rings is 2. The molecular formula is C49H31N3S. The second kappa shape index (κ2) is 11.7. The SMILES string of the molecule is c1ccc(C2(c3ccccc3)c3cc(-c4ccncc4)ccc3-c3ccc(-c4ccc(-c5ccc6nc7c8ccccc8sc7n6c5)cc4)cc32)cc1. The normalized spacial score (nSPS) is 13.1. The van der Waals surface area contributed by atoms with Gasteiger partial charge in [0, 0.05) is 28.7 Å². The van der Waals surface area contributed by atoms with Crippen LogP contribution in [0.4, 0.5) is 0 Å². The number of nitrogens with zero attached hydrogens (tertiary/aromatic N) is 3. The molecule has 11 rings (SSSR count). The van der Waals surface area contributed by atoms with Crippen LogP contribution in [0.3, 0.4) is 0 Å². The lowest BCUT2D eigenvalue weighted by Crippen LogP contribution is -2.28. The molecule has 0 amide bonds. The Bertz CT molecular complexity index is 2940. The highest BCUT2D eigenvalue weighted by Crippen LogP contribution is 2.57. The van der Waals surface area contributed by atoms with E-state index in [0.717, 1.165) is 16.7 Å². The van der Waals surface area contributed by atoms with Gasteiger partial charge in [-0.25, -0.2) is 4.98 Å². The van der Waals surface area contributed by atoms with Crippen molar-refractivity contribution in [1.82, 2.24) is 14.4 Å². The molecule has 0 N–H and O–H groups in total. The third kappa shape index (κ3) is 4.52. The predicted molar refractivity (Wildman–Crippen MR) is 219 cm³/mol. The van der Waals surface area contributed by atoms with Crippen LogP contribution < -0.4 is 0 Å². The summed E-state index contributed by atoms with van der Waals surface area (Å²) < 4.78 is 3.51.